The Bertz CT molecular complexity index is 89.8. The molecule has 0 bridgehead atoms. The normalized spacial score (nSPS) is 8.27. The van der Waals surface area contributed by atoms with Crippen molar-refractivity contribution in [3.05, 3.63) is 0 Å². The minimum absolute atomic E-state index is 0.154. The van der Waals surface area contributed by atoms with E-state index in [0.717, 1.165) is 11.9 Å². The molecular formula is C5H15N3O2S. The van der Waals surface area contributed by atoms with Crippen LogP contribution in [0.2, 0.25) is 0 Å². The van der Waals surface area contributed by atoms with Crippen molar-refractivity contribution in [2.75, 3.05) is 18.8 Å². The van der Waals surface area contributed by atoms with E-state index in [0.29, 0.717) is 18.8 Å². The Morgan fingerprint density at radius 2 is 1.82 bits per heavy atom. The van der Waals surface area contributed by atoms with Crippen molar-refractivity contribution >= 4 is 17.9 Å². The Balaban J connectivity index is 0. The first kappa shape index (κ1) is 13.3. The van der Waals surface area contributed by atoms with Crippen molar-refractivity contribution in [3.8, 4) is 0 Å². The molecule has 0 unspecified atom stereocenters. The van der Waals surface area contributed by atoms with Crippen LogP contribution in [0.1, 0.15) is 6.42 Å². The standard InChI is InChI=1S/C3H7NO2S.C2H8N2/c4-7-2-1-3(5)6;3-1-2-4/h1-2,4H2,(H,5,6);1-4H2. The summed E-state index contributed by atoms with van der Waals surface area (Å²) in [6, 6.07) is 0. The maximum absolute atomic E-state index is 9.69. The molecule has 0 aromatic heterocycles. The molecule has 68 valence electrons. The van der Waals surface area contributed by atoms with Crippen LogP contribution in [0.25, 0.3) is 0 Å². The molecule has 0 aliphatic carbocycles. The van der Waals surface area contributed by atoms with Crippen LogP contribution >= 0.6 is 11.9 Å². The average molecular weight is 181 g/mol. The maximum atomic E-state index is 9.69. The van der Waals surface area contributed by atoms with Gasteiger partial charge in [0.25, 0.3) is 0 Å². The summed E-state index contributed by atoms with van der Waals surface area (Å²) in [5, 5.41) is 12.9. The van der Waals surface area contributed by atoms with Crippen LogP contribution in [0, 0.1) is 0 Å². The van der Waals surface area contributed by atoms with Crippen molar-refractivity contribution in [1.29, 1.82) is 0 Å². The van der Waals surface area contributed by atoms with Gasteiger partial charge in [0.15, 0.2) is 0 Å². The molecule has 5 nitrogen and oxygen atoms in total. The fourth-order valence-electron chi connectivity index (χ4n) is 0.146. The molecule has 0 aromatic rings. The summed E-state index contributed by atoms with van der Waals surface area (Å²) in [6.45, 7) is 1.19. The molecule has 0 spiro atoms. The van der Waals surface area contributed by atoms with Crippen LogP contribution in [0.3, 0.4) is 0 Å². The van der Waals surface area contributed by atoms with Gasteiger partial charge in [-0.2, -0.15) is 0 Å². The summed E-state index contributed by atoms with van der Waals surface area (Å²) < 4.78 is 0. The van der Waals surface area contributed by atoms with E-state index < -0.39 is 5.97 Å². The number of hydrogen-bond acceptors (Lipinski definition) is 5. The predicted octanol–water partition coefficient (Wildman–Crippen LogP) is -1.03. The third-order valence-electron chi connectivity index (χ3n) is 0.600. The van der Waals surface area contributed by atoms with E-state index in [-0.39, 0.29) is 6.42 Å². The lowest BCUT2D eigenvalue weighted by Crippen LogP contribution is -2.11. The number of aliphatic carboxylic acids is 1. The molecule has 0 rings (SSSR count). The molecule has 6 heteroatoms. The Labute approximate surface area is 70.4 Å². The minimum atomic E-state index is -0.794. The first-order valence-electron chi connectivity index (χ1n) is 3.12. The second-order valence-corrected chi connectivity index (χ2v) is 2.33. The number of carboxylic acid groups (broad SMARTS) is 1. The summed E-state index contributed by atoms with van der Waals surface area (Å²) in [6.07, 6.45) is 0.154. The van der Waals surface area contributed by atoms with Crippen LogP contribution < -0.4 is 16.6 Å². The summed E-state index contributed by atoms with van der Waals surface area (Å²) in [4.78, 5) is 9.69. The monoisotopic (exact) mass is 181 g/mol. The summed E-state index contributed by atoms with van der Waals surface area (Å²) >= 11 is 1.05. The van der Waals surface area contributed by atoms with E-state index in [1.54, 1.807) is 0 Å². The molecule has 0 heterocycles. The van der Waals surface area contributed by atoms with Crippen molar-refractivity contribution in [3.63, 3.8) is 0 Å². The molecule has 0 radical (unpaired) electrons. The Hall–Kier alpha value is -0.300. The van der Waals surface area contributed by atoms with E-state index in [1.165, 1.54) is 0 Å². The molecule has 0 saturated carbocycles. The highest BCUT2D eigenvalue weighted by Crippen LogP contribution is 1.88. The van der Waals surface area contributed by atoms with E-state index in [9.17, 15) is 4.79 Å². The lowest BCUT2D eigenvalue weighted by molar-refractivity contribution is -0.136. The molecule has 7 N–H and O–H groups in total. The summed E-state index contributed by atoms with van der Waals surface area (Å²) in [5.41, 5.74) is 9.81. The first-order chi connectivity index (χ1) is 5.18. The van der Waals surface area contributed by atoms with Crippen molar-refractivity contribution < 1.29 is 9.90 Å². The Morgan fingerprint density at radius 1 is 1.36 bits per heavy atom. The van der Waals surface area contributed by atoms with Gasteiger partial charge in [0.05, 0.1) is 6.42 Å². The molecule has 0 atom stereocenters. The van der Waals surface area contributed by atoms with Gasteiger partial charge < -0.3 is 16.6 Å². The van der Waals surface area contributed by atoms with Gasteiger partial charge in [-0.25, -0.2) is 0 Å². The van der Waals surface area contributed by atoms with Crippen LogP contribution in [0.4, 0.5) is 0 Å². The average Bonchev–Trinajstić information content (AvgIpc) is 2.01. The first-order valence-corrected chi connectivity index (χ1v) is 4.17. The zero-order chi connectivity index (χ0) is 9.11. The predicted molar refractivity (Wildman–Crippen MR) is 47.0 cm³/mol. The van der Waals surface area contributed by atoms with E-state index >= 15 is 0 Å². The van der Waals surface area contributed by atoms with Crippen molar-refractivity contribution in [2.45, 2.75) is 6.42 Å². The summed E-state index contributed by atoms with van der Waals surface area (Å²) in [7, 11) is 0. The zero-order valence-electron chi connectivity index (χ0n) is 6.32. The SMILES string of the molecule is NCCN.NSCCC(=O)O. The molecular weight excluding hydrogens is 166 g/mol. The number of hydrogen-bond donors (Lipinski definition) is 4. The largest absolute Gasteiger partial charge is 0.481 e. The number of rotatable bonds is 4. The second-order valence-electron chi connectivity index (χ2n) is 1.59. The van der Waals surface area contributed by atoms with Gasteiger partial charge in [-0.15, -0.1) is 0 Å². The molecule has 11 heavy (non-hydrogen) atoms. The Morgan fingerprint density at radius 3 is 1.91 bits per heavy atom. The molecule has 0 amide bonds. The van der Waals surface area contributed by atoms with Gasteiger partial charge in [0, 0.05) is 18.8 Å². The highest BCUT2D eigenvalue weighted by Gasteiger charge is 1.91. The third-order valence-corrected chi connectivity index (χ3v) is 1.04. The van der Waals surface area contributed by atoms with E-state index in [4.69, 9.17) is 21.7 Å². The third kappa shape index (κ3) is 26.0. The number of carbonyl (C=O) groups is 1. The quantitative estimate of drug-likeness (QED) is 0.412. The van der Waals surface area contributed by atoms with Crippen LogP contribution in [0.15, 0.2) is 0 Å². The lowest BCUT2D eigenvalue weighted by atomic mass is 10.5. The molecule has 0 fully saturated rings. The van der Waals surface area contributed by atoms with Gasteiger partial charge >= 0.3 is 5.97 Å². The van der Waals surface area contributed by atoms with Crippen LogP contribution in [0.5, 0.6) is 0 Å². The smallest absolute Gasteiger partial charge is 0.304 e. The van der Waals surface area contributed by atoms with Crippen molar-refractivity contribution in [2.24, 2.45) is 16.6 Å². The molecule has 0 saturated heterocycles. The summed E-state index contributed by atoms with van der Waals surface area (Å²) in [5.74, 6) is -0.298. The number of carboxylic acids is 1. The molecule has 0 aliphatic heterocycles. The fraction of sp³-hybridized carbons (Fsp3) is 0.800. The van der Waals surface area contributed by atoms with Gasteiger partial charge in [0.2, 0.25) is 0 Å². The minimum Gasteiger partial charge on any atom is -0.481 e. The number of nitrogens with two attached hydrogens (primary N) is 3. The van der Waals surface area contributed by atoms with Crippen LogP contribution in [-0.4, -0.2) is 29.9 Å². The van der Waals surface area contributed by atoms with Gasteiger partial charge in [-0.3, -0.25) is 9.93 Å². The molecule has 0 aliphatic rings. The molecule has 0 aromatic carbocycles. The van der Waals surface area contributed by atoms with Gasteiger partial charge in [0.1, 0.15) is 0 Å². The highest BCUT2D eigenvalue weighted by molar-refractivity contribution is 7.97. The lowest BCUT2D eigenvalue weighted by Gasteiger charge is -1.85. The zero-order valence-corrected chi connectivity index (χ0v) is 7.14. The highest BCUT2D eigenvalue weighted by atomic mass is 32.2. The van der Waals surface area contributed by atoms with E-state index in [1.807, 2.05) is 0 Å². The van der Waals surface area contributed by atoms with Crippen molar-refractivity contribution in [1.82, 2.24) is 0 Å². The topological polar surface area (TPSA) is 115 Å². The van der Waals surface area contributed by atoms with Crippen LogP contribution in [-0.2, 0) is 4.79 Å². The Kier molecular flexibility index (Phi) is 15.0. The van der Waals surface area contributed by atoms with Gasteiger partial charge in [-0.05, 0) is 0 Å². The van der Waals surface area contributed by atoms with Gasteiger partial charge in [-0.1, -0.05) is 11.9 Å². The van der Waals surface area contributed by atoms with E-state index in [2.05, 4.69) is 0 Å². The maximum Gasteiger partial charge on any atom is 0.304 e. The fourth-order valence-corrected chi connectivity index (χ4v) is 0.439. The second kappa shape index (κ2) is 12.4.